The molecule has 5 nitrogen and oxygen atoms in total. The van der Waals surface area contributed by atoms with Crippen molar-refractivity contribution < 1.29 is 14.3 Å². The minimum Gasteiger partial charge on any atom is -0.452 e. The molecule has 27 heavy (non-hydrogen) atoms. The van der Waals surface area contributed by atoms with Gasteiger partial charge in [0, 0.05) is 4.88 Å². The second kappa shape index (κ2) is 8.79. The van der Waals surface area contributed by atoms with Gasteiger partial charge < -0.3 is 10.1 Å². The minimum atomic E-state index is -0.609. The normalized spacial score (nSPS) is 11.2. The van der Waals surface area contributed by atoms with Crippen molar-refractivity contribution in [1.29, 1.82) is 5.26 Å². The zero-order valence-electron chi connectivity index (χ0n) is 14.3. The fraction of sp³-hybridized carbons (Fsp3) is 0.0952. The number of nitriles is 1. The van der Waals surface area contributed by atoms with Crippen molar-refractivity contribution in [2.45, 2.75) is 6.04 Å². The van der Waals surface area contributed by atoms with Gasteiger partial charge in [0.05, 0.1) is 23.2 Å². The van der Waals surface area contributed by atoms with Gasteiger partial charge in [0.25, 0.3) is 5.91 Å². The number of hydrogen-bond acceptors (Lipinski definition) is 5. The number of ether oxygens (including phenoxy) is 1. The molecule has 134 valence electrons. The molecule has 3 rings (SSSR count). The van der Waals surface area contributed by atoms with Gasteiger partial charge >= 0.3 is 5.97 Å². The van der Waals surface area contributed by atoms with E-state index >= 15 is 0 Å². The van der Waals surface area contributed by atoms with Crippen LogP contribution in [0.15, 0.2) is 72.1 Å². The molecule has 1 heterocycles. The molecular weight excluding hydrogens is 360 g/mol. The fourth-order valence-corrected chi connectivity index (χ4v) is 3.32. The van der Waals surface area contributed by atoms with E-state index in [0.29, 0.717) is 11.1 Å². The number of nitrogens with one attached hydrogen (secondary N) is 1. The van der Waals surface area contributed by atoms with Crippen LogP contribution in [-0.4, -0.2) is 18.5 Å². The summed E-state index contributed by atoms with van der Waals surface area (Å²) in [4.78, 5) is 25.4. The highest BCUT2D eigenvalue weighted by Gasteiger charge is 2.19. The highest BCUT2D eigenvalue weighted by atomic mass is 32.1. The van der Waals surface area contributed by atoms with Crippen LogP contribution >= 0.6 is 11.3 Å². The van der Waals surface area contributed by atoms with Crippen molar-refractivity contribution in [3.05, 3.63) is 93.7 Å². The molecule has 0 unspecified atom stereocenters. The highest BCUT2D eigenvalue weighted by molar-refractivity contribution is 7.10. The van der Waals surface area contributed by atoms with Gasteiger partial charge in [-0.1, -0.05) is 36.4 Å². The lowest BCUT2D eigenvalue weighted by Crippen LogP contribution is -2.32. The van der Waals surface area contributed by atoms with Gasteiger partial charge in [-0.25, -0.2) is 4.79 Å². The van der Waals surface area contributed by atoms with Crippen LogP contribution in [0, 0.1) is 11.3 Å². The zero-order chi connectivity index (χ0) is 19.1. The third-order valence-corrected chi connectivity index (χ3v) is 4.79. The van der Waals surface area contributed by atoms with Crippen LogP contribution in [0.1, 0.15) is 32.4 Å². The van der Waals surface area contributed by atoms with E-state index in [0.717, 1.165) is 10.4 Å². The standard InChI is InChI=1S/C21H16N2O3S/c22-13-15-8-10-17(11-9-15)21(25)26-14-19(24)23-20(18-7-4-12-27-18)16-5-2-1-3-6-16/h1-12,20H,14H2,(H,23,24)/t20-/m1/s1. The second-order valence-corrected chi connectivity index (χ2v) is 6.67. The fourth-order valence-electron chi connectivity index (χ4n) is 2.52. The number of benzene rings is 2. The first-order valence-electron chi connectivity index (χ1n) is 8.22. The van der Waals surface area contributed by atoms with Gasteiger partial charge in [-0.15, -0.1) is 11.3 Å². The number of amides is 1. The smallest absolute Gasteiger partial charge is 0.338 e. The number of hydrogen-bond donors (Lipinski definition) is 1. The molecule has 0 aliphatic carbocycles. The van der Waals surface area contributed by atoms with Crippen LogP contribution in [0.3, 0.4) is 0 Å². The Morgan fingerprint density at radius 3 is 2.41 bits per heavy atom. The van der Waals surface area contributed by atoms with Gasteiger partial charge in [0.2, 0.25) is 0 Å². The molecule has 0 spiro atoms. The van der Waals surface area contributed by atoms with Crippen molar-refractivity contribution in [1.82, 2.24) is 5.32 Å². The Morgan fingerprint density at radius 2 is 1.78 bits per heavy atom. The van der Waals surface area contributed by atoms with E-state index in [1.54, 1.807) is 11.3 Å². The van der Waals surface area contributed by atoms with E-state index in [1.165, 1.54) is 24.3 Å². The largest absolute Gasteiger partial charge is 0.452 e. The average Bonchev–Trinajstić information content (AvgIpc) is 3.25. The van der Waals surface area contributed by atoms with Crippen molar-refractivity contribution in [3.8, 4) is 6.07 Å². The van der Waals surface area contributed by atoms with E-state index in [4.69, 9.17) is 10.00 Å². The molecule has 1 N–H and O–H groups in total. The third kappa shape index (κ3) is 4.81. The monoisotopic (exact) mass is 376 g/mol. The van der Waals surface area contributed by atoms with Gasteiger partial charge in [-0.3, -0.25) is 4.79 Å². The molecule has 0 fully saturated rings. The van der Waals surface area contributed by atoms with Crippen LogP contribution < -0.4 is 5.32 Å². The molecule has 0 bridgehead atoms. The number of nitrogens with zero attached hydrogens (tertiary/aromatic N) is 1. The van der Waals surface area contributed by atoms with Crippen LogP contribution in [-0.2, 0) is 9.53 Å². The molecule has 6 heteroatoms. The molecule has 3 aromatic rings. The third-order valence-electron chi connectivity index (χ3n) is 3.85. The van der Waals surface area contributed by atoms with E-state index in [-0.39, 0.29) is 18.6 Å². The quantitative estimate of drug-likeness (QED) is 0.666. The van der Waals surface area contributed by atoms with Crippen molar-refractivity contribution >= 4 is 23.2 Å². The Hall–Kier alpha value is -3.43. The number of rotatable bonds is 6. The maximum absolute atomic E-state index is 12.3. The van der Waals surface area contributed by atoms with Crippen LogP contribution in [0.2, 0.25) is 0 Å². The summed E-state index contributed by atoms with van der Waals surface area (Å²) in [5.41, 5.74) is 1.69. The molecule has 0 radical (unpaired) electrons. The highest BCUT2D eigenvalue weighted by Crippen LogP contribution is 2.25. The van der Waals surface area contributed by atoms with E-state index in [2.05, 4.69) is 5.32 Å². The first-order chi connectivity index (χ1) is 13.2. The van der Waals surface area contributed by atoms with Crippen molar-refractivity contribution in [2.24, 2.45) is 0 Å². The van der Waals surface area contributed by atoms with E-state index < -0.39 is 5.97 Å². The predicted molar refractivity (Wildman–Crippen MR) is 102 cm³/mol. The maximum atomic E-state index is 12.3. The van der Waals surface area contributed by atoms with Crippen LogP contribution in [0.25, 0.3) is 0 Å². The Bertz CT molecular complexity index is 945. The summed E-state index contributed by atoms with van der Waals surface area (Å²) in [6, 6.07) is 21.2. The maximum Gasteiger partial charge on any atom is 0.338 e. The number of carbonyl (C=O) groups is 2. The summed E-state index contributed by atoms with van der Waals surface area (Å²) in [6.07, 6.45) is 0. The van der Waals surface area contributed by atoms with Gasteiger partial charge in [0.15, 0.2) is 6.61 Å². The predicted octanol–water partition coefficient (Wildman–Crippen LogP) is 3.68. The summed E-state index contributed by atoms with van der Waals surface area (Å²) >= 11 is 1.54. The van der Waals surface area contributed by atoms with Gasteiger partial charge in [-0.2, -0.15) is 5.26 Å². The molecule has 0 aliphatic heterocycles. The first-order valence-corrected chi connectivity index (χ1v) is 9.10. The molecule has 1 atom stereocenters. The SMILES string of the molecule is N#Cc1ccc(C(=O)OCC(=O)N[C@H](c2ccccc2)c2cccs2)cc1. The summed E-state index contributed by atoms with van der Waals surface area (Å²) in [6.45, 7) is -0.381. The van der Waals surface area contributed by atoms with Gasteiger partial charge in [0.1, 0.15) is 0 Å². The lowest BCUT2D eigenvalue weighted by atomic mass is 10.1. The lowest BCUT2D eigenvalue weighted by Gasteiger charge is -2.18. The minimum absolute atomic E-state index is 0.291. The molecular formula is C21H16N2O3S. The summed E-state index contributed by atoms with van der Waals surface area (Å²) < 4.78 is 5.09. The summed E-state index contributed by atoms with van der Waals surface area (Å²) in [5.74, 6) is -0.999. The Morgan fingerprint density at radius 1 is 1.04 bits per heavy atom. The summed E-state index contributed by atoms with van der Waals surface area (Å²) in [5, 5.41) is 13.6. The van der Waals surface area contributed by atoms with Crippen LogP contribution in [0.4, 0.5) is 0 Å². The van der Waals surface area contributed by atoms with E-state index in [1.807, 2.05) is 53.9 Å². The Balaban J connectivity index is 1.63. The second-order valence-electron chi connectivity index (χ2n) is 5.69. The topological polar surface area (TPSA) is 79.2 Å². The Kier molecular flexibility index (Phi) is 5.98. The first kappa shape index (κ1) is 18.4. The summed E-state index contributed by atoms with van der Waals surface area (Å²) in [7, 11) is 0. The number of carbonyl (C=O) groups excluding carboxylic acids is 2. The molecule has 0 saturated heterocycles. The zero-order valence-corrected chi connectivity index (χ0v) is 15.1. The molecule has 1 aromatic heterocycles. The van der Waals surface area contributed by atoms with Crippen molar-refractivity contribution in [3.63, 3.8) is 0 Å². The number of thiophene rings is 1. The molecule has 2 aromatic carbocycles. The molecule has 0 aliphatic rings. The lowest BCUT2D eigenvalue weighted by molar-refractivity contribution is -0.124. The molecule has 1 amide bonds. The molecule has 0 saturated carbocycles. The van der Waals surface area contributed by atoms with E-state index in [9.17, 15) is 9.59 Å². The average molecular weight is 376 g/mol. The number of esters is 1. The van der Waals surface area contributed by atoms with Crippen LogP contribution in [0.5, 0.6) is 0 Å². The Labute approximate surface area is 160 Å². The van der Waals surface area contributed by atoms with Gasteiger partial charge in [-0.05, 0) is 41.3 Å². The van der Waals surface area contributed by atoms with Crippen molar-refractivity contribution in [2.75, 3.05) is 6.61 Å².